The first-order valence-electron chi connectivity index (χ1n) is 5.67. The largest absolute Gasteiger partial charge is 0.310 e. The molecule has 1 radical (unpaired) electrons. The second kappa shape index (κ2) is 4.31. The van der Waals surface area contributed by atoms with Crippen molar-refractivity contribution in [2.45, 2.75) is 32.7 Å². The SMILES string of the molecule is CN=C(C)/C(=C(/C)C1=C[CH]1)C1CCCN1. The van der Waals surface area contributed by atoms with Crippen molar-refractivity contribution in [3.05, 3.63) is 29.2 Å². The van der Waals surface area contributed by atoms with Crippen LogP contribution in [0.4, 0.5) is 0 Å². The number of aliphatic imine (C=N–C) groups is 1. The zero-order valence-corrected chi connectivity index (χ0v) is 9.80. The van der Waals surface area contributed by atoms with Gasteiger partial charge in [0.2, 0.25) is 0 Å². The molecule has 0 aromatic rings. The lowest BCUT2D eigenvalue weighted by molar-refractivity contribution is 0.704. The first-order chi connectivity index (χ1) is 7.24. The summed E-state index contributed by atoms with van der Waals surface area (Å²) in [5.41, 5.74) is 5.38. The van der Waals surface area contributed by atoms with E-state index in [0.717, 1.165) is 6.54 Å². The fraction of sp³-hybridized carbons (Fsp3) is 0.538. The molecule has 15 heavy (non-hydrogen) atoms. The van der Waals surface area contributed by atoms with E-state index in [0.29, 0.717) is 6.04 Å². The van der Waals surface area contributed by atoms with Gasteiger partial charge in [0.1, 0.15) is 0 Å². The van der Waals surface area contributed by atoms with Crippen LogP contribution in [0.25, 0.3) is 0 Å². The number of nitrogens with zero attached hydrogens (tertiary/aromatic N) is 1. The zero-order valence-electron chi connectivity index (χ0n) is 9.80. The minimum absolute atomic E-state index is 0.517. The van der Waals surface area contributed by atoms with Gasteiger partial charge < -0.3 is 5.32 Å². The van der Waals surface area contributed by atoms with E-state index in [1.54, 1.807) is 0 Å². The third-order valence-corrected chi connectivity index (χ3v) is 3.30. The van der Waals surface area contributed by atoms with Crippen LogP contribution in [0, 0.1) is 6.42 Å². The molecule has 1 N–H and O–H groups in total. The van der Waals surface area contributed by atoms with Crippen molar-refractivity contribution in [2.24, 2.45) is 4.99 Å². The molecule has 2 rings (SSSR count). The Bertz CT molecular complexity index is 342. The van der Waals surface area contributed by atoms with E-state index in [4.69, 9.17) is 0 Å². The van der Waals surface area contributed by atoms with Gasteiger partial charge in [-0.25, -0.2) is 0 Å². The first-order valence-corrected chi connectivity index (χ1v) is 5.67. The highest BCUT2D eigenvalue weighted by atomic mass is 14.9. The molecule has 0 bridgehead atoms. The molecule has 0 saturated carbocycles. The van der Waals surface area contributed by atoms with Gasteiger partial charge in [0.15, 0.2) is 0 Å². The van der Waals surface area contributed by atoms with Crippen LogP contribution >= 0.6 is 0 Å². The number of rotatable bonds is 3. The minimum atomic E-state index is 0.517. The molecule has 0 spiro atoms. The molecule has 1 aliphatic carbocycles. The molecule has 1 aliphatic heterocycles. The maximum atomic E-state index is 4.34. The van der Waals surface area contributed by atoms with E-state index in [1.807, 2.05) is 7.05 Å². The van der Waals surface area contributed by atoms with Crippen LogP contribution in [0.5, 0.6) is 0 Å². The standard InChI is InChI=1S/C13H19N2/c1-9(11-6-7-11)13(10(2)14-3)12-5-4-8-15-12/h6-7,12,15H,4-5,8H2,1-3H3/b13-9+,14-10?. The highest BCUT2D eigenvalue weighted by molar-refractivity contribution is 6.01. The van der Waals surface area contributed by atoms with Gasteiger partial charge in [-0.05, 0) is 50.0 Å². The number of hydrogen-bond acceptors (Lipinski definition) is 2. The molecule has 1 fully saturated rings. The quantitative estimate of drug-likeness (QED) is 0.699. The highest BCUT2D eigenvalue weighted by Crippen LogP contribution is 2.31. The molecule has 1 unspecified atom stereocenters. The summed E-state index contributed by atoms with van der Waals surface area (Å²) in [4.78, 5) is 4.34. The molecule has 1 saturated heterocycles. The predicted octanol–water partition coefficient (Wildman–Crippen LogP) is 2.29. The Morgan fingerprint density at radius 1 is 1.47 bits per heavy atom. The Morgan fingerprint density at radius 2 is 2.20 bits per heavy atom. The van der Waals surface area contributed by atoms with Crippen molar-refractivity contribution in [1.29, 1.82) is 0 Å². The van der Waals surface area contributed by atoms with Gasteiger partial charge in [0.25, 0.3) is 0 Å². The Kier molecular flexibility index (Phi) is 3.06. The van der Waals surface area contributed by atoms with Crippen LogP contribution in [-0.4, -0.2) is 25.3 Å². The van der Waals surface area contributed by atoms with Crippen LogP contribution in [-0.2, 0) is 0 Å². The topological polar surface area (TPSA) is 24.4 Å². The van der Waals surface area contributed by atoms with Crippen LogP contribution < -0.4 is 5.32 Å². The Hall–Kier alpha value is -0.890. The van der Waals surface area contributed by atoms with E-state index in [1.165, 1.54) is 35.3 Å². The van der Waals surface area contributed by atoms with Crippen molar-refractivity contribution in [2.75, 3.05) is 13.6 Å². The van der Waals surface area contributed by atoms with Crippen molar-refractivity contribution in [3.8, 4) is 0 Å². The molecule has 0 amide bonds. The smallest absolute Gasteiger partial charge is 0.0364 e. The third-order valence-electron chi connectivity index (χ3n) is 3.30. The third kappa shape index (κ3) is 2.20. The van der Waals surface area contributed by atoms with Crippen molar-refractivity contribution in [1.82, 2.24) is 5.32 Å². The van der Waals surface area contributed by atoms with Gasteiger partial charge in [-0.1, -0.05) is 6.08 Å². The lowest BCUT2D eigenvalue weighted by Crippen LogP contribution is -2.28. The molecule has 1 heterocycles. The molecule has 81 valence electrons. The van der Waals surface area contributed by atoms with Gasteiger partial charge >= 0.3 is 0 Å². The molecule has 2 nitrogen and oxygen atoms in total. The molecule has 1 atom stereocenters. The summed E-state index contributed by atoms with van der Waals surface area (Å²) in [5, 5.41) is 3.56. The van der Waals surface area contributed by atoms with Gasteiger partial charge in [-0.15, -0.1) is 0 Å². The zero-order chi connectivity index (χ0) is 10.8. The fourth-order valence-corrected chi connectivity index (χ4v) is 2.28. The van der Waals surface area contributed by atoms with Gasteiger partial charge in [-0.3, -0.25) is 4.99 Å². The summed E-state index contributed by atoms with van der Waals surface area (Å²) in [5.74, 6) is 0. The van der Waals surface area contributed by atoms with Crippen LogP contribution in [0.15, 0.2) is 27.8 Å². The maximum Gasteiger partial charge on any atom is 0.0364 e. The van der Waals surface area contributed by atoms with E-state index >= 15 is 0 Å². The predicted molar refractivity (Wildman–Crippen MR) is 65.1 cm³/mol. The van der Waals surface area contributed by atoms with Crippen molar-refractivity contribution >= 4 is 5.71 Å². The average Bonchev–Trinajstić information content (AvgIpc) is 2.97. The van der Waals surface area contributed by atoms with Crippen LogP contribution in [0.3, 0.4) is 0 Å². The number of nitrogens with one attached hydrogen (secondary N) is 1. The number of hydrogen-bond donors (Lipinski definition) is 1. The molecular weight excluding hydrogens is 184 g/mol. The molecular formula is C13H19N2. The summed E-state index contributed by atoms with van der Waals surface area (Å²) in [6.45, 7) is 5.46. The summed E-state index contributed by atoms with van der Waals surface area (Å²) < 4.78 is 0. The molecule has 0 aromatic carbocycles. The second-order valence-electron chi connectivity index (χ2n) is 4.29. The van der Waals surface area contributed by atoms with E-state index in [-0.39, 0.29) is 0 Å². The summed E-state index contributed by atoms with van der Waals surface area (Å²) in [7, 11) is 1.88. The van der Waals surface area contributed by atoms with Gasteiger partial charge in [0.05, 0.1) is 0 Å². The van der Waals surface area contributed by atoms with E-state index in [9.17, 15) is 0 Å². The summed E-state index contributed by atoms with van der Waals surface area (Å²) in [6.07, 6.45) is 6.87. The van der Waals surface area contributed by atoms with Gasteiger partial charge in [-0.2, -0.15) is 0 Å². The second-order valence-corrected chi connectivity index (χ2v) is 4.29. The fourth-order valence-electron chi connectivity index (χ4n) is 2.28. The van der Waals surface area contributed by atoms with Crippen molar-refractivity contribution in [3.63, 3.8) is 0 Å². The highest BCUT2D eigenvalue weighted by Gasteiger charge is 2.25. The molecule has 0 aromatic heterocycles. The Balaban J connectivity index is 2.30. The molecule has 2 aliphatic rings. The normalized spacial score (nSPS) is 27.5. The lowest BCUT2D eigenvalue weighted by atomic mass is 9.94. The van der Waals surface area contributed by atoms with Gasteiger partial charge in [0, 0.05) is 25.2 Å². The first kappa shape index (κ1) is 10.6. The molecule has 2 heteroatoms. The van der Waals surface area contributed by atoms with E-state index < -0.39 is 0 Å². The maximum absolute atomic E-state index is 4.34. The van der Waals surface area contributed by atoms with Crippen LogP contribution in [0.2, 0.25) is 0 Å². The Morgan fingerprint density at radius 3 is 2.67 bits per heavy atom. The average molecular weight is 203 g/mol. The van der Waals surface area contributed by atoms with Crippen molar-refractivity contribution < 1.29 is 0 Å². The monoisotopic (exact) mass is 203 g/mol. The minimum Gasteiger partial charge on any atom is -0.310 e. The lowest BCUT2D eigenvalue weighted by Gasteiger charge is -2.18. The van der Waals surface area contributed by atoms with E-state index in [2.05, 4.69) is 36.7 Å². The summed E-state index contributed by atoms with van der Waals surface area (Å²) in [6, 6.07) is 0.517. The Labute approximate surface area is 92.2 Å². The van der Waals surface area contributed by atoms with Crippen LogP contribution in [0.1, 0.15) is 26.7 Å². The summed E-state index contributed by atoms with van der Waals surface area (Å²) >= 11 is 0. The number of allylic oxidation sites excluding steroid dienone is 3.